The van der Waals surface area contributed by atoms with Crippen molar-refractivity contribution in [2.45, 2.75) is 20.3 Å². The van der Waals surface area contributed by atoms with E-state index in [1.54, 1.807) is 18.3 Å². The zero-order chi connectivity index (χ0) is 14.1. The Morgan fingerprint density at radius 2 is 1.95 bits per heavy atom. The molecule has 0 aliphatic rings. The first-order chi connectivity index (χ1) is 9.13. The van der Waals surface area contributed by atoms with Gasteiger partial charge in [0.15, 0.2) is 0 Å². The van der Waals surface area contributed by atoms with Crippen LogP contribution in [0.25, 0.3) is 0 Å². The van der Waals surface area contributed by atoms with Crippen LogP contribution in [0.5, 0.6) is 0 Å². The van der Waals surface area contributed by atoms with Gasteiger partial charge in [0.05, 0.1) is 0 Å². The van der Waals surface area contributed by atoms with E-state index in [0.29, 0.717) is 24.5 Å². The van der Waals surface area contributed by atoms with E-state index in [9.17, 15) is 9.59 Å². The minimum Gasteiger partial charge on any atom is -0.370 e. The van der Waals surface area contributed by atoms with Crippen molar-refractivity contribution in [3.8, 4) is 0 Å². The van der Waals surface area contributed by atoms with Crippen LogP contribution in [-0.4, -0.2) is 36.4 Å². The zero-order valence-electron chi connectivity index (χ0n) is 11.3. The normalized spacial score (nSPS) is 9.79. The Hall–Kier alpha value is -2.11. The molecule has 0 spiro atoms. The number of pyridine rings is 1. The molecule has 6 heteroatoms. The fourth-order valence-corrected chi connectivity index (χ4v) is 1.44. The fourth-order valence-electron chi connectivity index (χ4n) is 1.44. The Morgan fingerprint density at radius 1 is 1.21 bits per heavy atom. The largest absolute Gasteiger partial charge is 0.370 e. The van der Waals surface area contributed by atoms with Crippen LogP contribution in [0.3, 0.4) is 0 Å². The minimum absolute atomic E-state index is 0.107. The highest BCUT2D eigenvalue weighted by molar-refractivity contribution is 5.94. The number of nitrogens with one attached hydrogen (secondary N) is 3. The maximum Gasteiger partial charge on any atom is 0.251 e. The molecular formula is C13H20N4O2. The number of amides is 2. The highest BCUT2D eigenvalue weighted by atomic mass is 16.2. The molecule has 0 fully saturated rings. The molecule has 0 aliphatic carbocycles. The van der Waals surface area contributed by atoms with E-state index in [1.807, 2.05) is 0 Å². The molecule has 0 aromatic carbocycles. The van der Waals surface area contributed by atoms with Crippen molar-refractivity contribution in [2.75, 3.05) is 25.0 Å². The smallest absolute Gasteiger partial charge is 0.251 e. The van der Waals surface area contributed by atoms with Crippen molar-refractivity contribution in [2.24, 2.45) is 0 Å². The summed E-state index contributed by atoms with van der Waals surface area (Å²) in [7, 11) is 0. The number of anilines is 1. The molecule has 0 saturated heterocycles. The van der Waals surface area contributed by atoms with E-state index in [0.717, 1.165) is 13.0 Å². The molecule has 19 heavy (non-hydrogen) atoms. The molecule has 104 valence electrons. The molecular weight excluding hydrogens is 244 g/mol. The maximum atomic E-state index is 11.8. The van der Waals surface area contributed by atoms with Crippen LogP contribution in [0, 0.1) is 0 Å². The van der Waals surface area contributed by atoms with Gasteiger partial charge in [-0.1, -0.05) is 6.92 Å². The second-order valence-corrected chi connectivity index (χ2v) is 4.10. The van der Waals surface area contributed by atoms with Gasteiger partial charge in [-0.3, -0.25) is 9.59 Å². The first-order valence-electron chi connectivity index (χ1n) is 6.36. The van der Waals surface area contributed by atoms with Crippen LogP contribution in [0.2, 0.25) is 0 Å². The lowest BCUT2D eigenvalue weighted by Gasteiger charge is -2.08. The van der Waals surface area contributed by atoms with Crippen molar-refractivity contribution in [3.05, 3.63) is 23.9 Å². The second kappa shape index (κ2) is 8.07. The van der Waals surface area contributed by atoms with Crippen molar-refractivity contribution in [1.82, 2.24) is 15.6 Å². The average molecular weight is 264 g/mol. The Bertz CT molecular complexity index is 434. The quantitative estimate of drug-likeness (QED) is 0.635. The van der Waals surface area contributed by atoms with Gasteiger partial charge in [-0.25, -0.2) is 4.98 Å². The lowest BCUT2D eigenvalue weighted by atomic mass is 10.2. The van der Waals surface area contributed by atoms with Crippen LogP contribution in [0.4, 0.5) is 5.82 Å². The highest BCUT2D eigenvalue weighted by Gasteiger charge is 2.06. The topological polar surface area (TPSA) is 83.1 Å². The van der Waals surface area contributed by atoms with Gasteiger partial charge in [0, 0.05) is 38.3 Å². The number of carbonyl (C=O) groups excluding carboxylic acids is 2. The number of hydrogen-bond donors (Lipinski definition) is 3. The molecule has 0 bridgehead atoms. The summed E-state index contributed by atoms with van der Waals surface area (Å²) in [4.78, 5) is 26.6. The standard InChI is InChI=1S/C13H20N4O2/c1-3-5-15-12-9-11(4-6-16-12)13(19)17-8-7-14-10(2)18/h4,6,9H,3,5,7-8H2,1-2H3,(H,14,18)(H,15,16)(H,17,19). The molecule has 3 N–H and O–H groups in total. The third kappa shape index (κ3) is 5.85. The average Bonchev–Trinajstić information content (AvgIpc) is 2.41. The second-order valence-electron chi connectivity index (χ2n) is 4.10. The van der Waals surface area contributed by atoms with Gasteiger partial charge in [-0.05, 0) is 18.6 Å². The number of nitrogens with zero attached hydrogens (tertiary/aromatic N) is 1. The number of hydrogen-bond acceptors (Lipinski definition) is 4. The number of rotatable bonds is 7. The predicted molar refractivity (Wildman–Crippen MR) is 74.0 cm³/mol. The fraction of sp³-hybridized carbons (Fsp3) is 0.462. The molecule has 1 aromatic heterocycles. The lowest BCUT2D eigenvalue weighted by molar-refractivity contribution is -0.118. The van der Waals surface area contributed by atoms with Gasteiger partial charge in [0.2, 0.25) is 5.91 Å². The van der Waals surface area contributed by atoms with Crippen molar-refractivity contribution in [3.63, 3.8) is 0 Å². The molecule has 0 unspecified atom stereocenters. The molecule has 0 atom stereocenters. The summed E-state index contributed by atoms with van der Waals surface area (Å²) in [5.41, 5.74) is 0.552. The van der Waals surface area contributed by atoms with Crippen molar-refractivity contribution < 1.29 is 9.59 Å². The van der Waals surface area contributed by atoms with E-state index >= 15 is 0 Å². The molecule has 0 saturated carbocycles. The number of carbonyl (C=O) groups is 2. The van der Waals surface area contributed by atoms with E-state index in [-0.39, 0.29) is 11.8 Å². The molecule has 2 amide bonds. The minimum atomic E-state index is -0.174. The Kier molecular flexibility index (Phi) is 6.35. The zero-order valence-corrected chi connectivity index (χ0v) is 11.3. The van der Waals surface area contributed by atoms with E-state index in [1.165, 1.54) is 6.92 Å². The molecule has 1 aromatic rings. The van der Waals surface area contributed by atoms with Crippen LogP contribution in [-0.2, 0) is 4.79 Å². The maximum absolute atomic E-state index is 11.8. The van der Waals surface area contributed by atoms with Crippen molar-refractivity contribution in [1.29, 1.82) is 0 Å². The van der Waals surface area contributed by atoms with Gasteiger partial charge >= 0.3 is 0 Å². The summed E-state index contributed by atoms with van der Waals surface area (Å²) in [6.07, 6.45) is 2.59. The summed E-state index contributed by atoms with van der Waals surface area (Å²) < 4.78 is 0. The monoisotopic (exact) mass is 264 g/mol. The molecule has 0 aliphatic heterocycles. The summed E-state index contributed by atoms with van der Waals surface area (Å²) in [5, 5.41) is 8.47. The van der Waals surface area contributed by atoms with Gasteiger partial charge in [0.1, 0.15) is 5.82 Å². The van der Waals surface area contributed by atoms with Crippen LogP contribution in [0.15, 0.2) is 18.3 Å². The third-order valence-corrected chi connectivity index (χ3v) is 2.36. The van der Waals surface area contributed by atoms with Crippen LogP contribution >= 0.6 is 0 Å². The molecule has 6 nitrogen and oxygen atoms in total. The van der Waals surface area contributed by atoms with Gasteiger partial charge in [-0.15, -0.1) is 0 Å². The highest BCUT2D eigenvalue weighted by Crippen LogP contribution is 2.06. The first kappa shape index (κ1) is 14.9. The van der Waals surface area contributed by atoms with Gasteiger partial charge < -0.3 is 16.0 Å². The summed E-state index contributed by atoms with van der Waals surface area (Å²) >= 11 is 0. The Balaban J connectivity index is 2.45. The third-order valence-electron chi connectivity index (χ3n) is 2.36. The SMILES string of the molecule is CCCNc1cc(C(=O)NCCNC(C)=O)ccn1. The first-order valence-corrected chi connectivity index (χ1v) is 6.36. The Morgan fingerprint density at radius 3 is 2.63 bits per heavy atom. The summed E-state index contributed by atoms with van der Waals surface area (Å²) in [6.45, 7) is 5.15. The van der Waals surface area contributed by atoms with Crippen LogP contribution in [0.1, 0.15) is 30.6 Å². The molecule has 1 rings (SSSR count). The van der Waals surface area contributed by atoms with E-state index in [2.05, 4.69) is 27.9 Å². The van der Waals surface area contributed by atoms with E-state index < -0.39 is 0 Å². The van der Waals surface area contributed by atoms with Crippen molar-refractivity contribution >= 4 is 17.6 Å². The van der Waals surface area contributed by atoms with Gasteiger partial charge in [-0.2, -0.15) is 0 Å². The molecule has 0 radical (unpaired) electrons. The summed E-state index contributed by atoms with van der Waals surface area (Å²) in [6, 6.07) is 3.37. The summed E-state index contributed by atoms with van der Waals surface area (Å²) in [5.74, 6) is 0.410. The Labute approximate surface area is 113 Å². The van der Waals surface area contributed by atoms with Gasteiger partial charge in [0.25, 0.3) is 5.91 Å². The van der Waals surface area contributed by atoms with E-state index in [4.69, 9.17) is 0 Å². The predicted octanol–water partition coefficient (Wildman–Crippen LogP) is 0.769. The lowest BCUT2D eigenvalue weighted by Crippen LogP contribution is -2.33. The number of aromatic nitrogens is 1. The molecule has 1 heterocycles. The van der Waals surface area contributed by atoms with Crippen LogP contribution < -0.4 is 16.0 Å².